The lowest BCUT2D eigenvalue weighted by atomic mass is 10.00. The Morgan fingerprint density at radius 2 is 1.96 bits per heavy atom. The molecule has 0 aliphatic carbocycles. The van der Waals surface area contributed by atoms with E-state index in [-0.39, 0.29) is 5.82 Å². The summed E-state index contributed by atoms with van der Waals surface area (Å²) in [6.45, 7) is 0.877. The van der Waals surface area contributed by atoms with Gasteiger partial charge < -0.3 is 4.90 Å². The van der Waals surface area contributed by atoms with Crippen molar-refractivity contribution < 1.29 is 4.39 Å². The largest absolute Gasteiger partial charge is 0.346 e. The maximum Gasteiger partial charge on any atom is 0.130 e. The van der Waals surface area contributed by atoms with Crippen molar-refractivity contribution in [1.29, 1.82) is 5.41 Å². The van der Waals surface area contributed by atoms with Crippen molar-refractivity contribution in [3.8, 4) is 11.1 Å². The van der Waals surface area contributed by atoms with E-state index in [9.17, 15) is 4.39 Å². The molecule has 1 aliphatic rings. The lowest BCUT2D eigenvalue weighted by Crippen LogP contribution is -2.23. The summed E-state index contributed by atoms with van der Waals surface area (Å²) >= 11 is 2.11. The molecule has 7 heteroatoms. The molecule has 0 spiro atoms. The first-order chi connectivity index (χ1) is 13.6. The minimum atomic E-state index is -0.270. The van der Waals surface area contributed by atoms with E-state index in [2.05, 4.69) is 32.9 Å². The third-order valence-electron chi connectivity index (χ3n) is 5.05. The molecule has 5 nitrogen and oxygen atoms in total. The average molecular weight is 483 g/mol. The Labute approximate surface area is 174 Å². The fraction of sp³-hybridized carbons (Fsp3) is 0.0952. The second-order valence-corrected chi connectivity index (χ2v) is 7.75. The van der Waals surface area contributed by atoms with E-state index in [1.54, 1.807) is 15.2 Å². The van der Waals surface area contributed by atoms with E-state index in [0.29, 0.717) is 24.5 Å². The standard InChI is InChI=1S/C21H15FIN5/c22-18-9-13(15-3-1-5-19-17(15)11-28(23)26-19)6-7-14(18)10-27-12-20-16(21(27)24)4-2-8-25-20/h1-9,11,24H,10,12H2. The van der Waals surface area contributed by atoms with Gasteiger partial charge in [0, 0.05) is 35.5 Å². The average Bonchev–Trinajstić information content (AvgIpc) is 3.22. The van der Waals surface area contributed by atoms with E-state index in [1.165, 1.54) is 0 Å². The number of benzene rings is 2. The molecule has 0 radical (unpaired) electrons. The molecule has 1 aliphatic heterocycles. The van der Waals surface area contributed by atoms with E-state index >= 15 is 0 Å². The number of fused-ring (bicyclic) bond motifs is 2. The molecule has 0 amide bonds. The number of halogens is 2. The predicted molar refractivity (Wildman–Crippen MR) is 115 cm³/mol. The van der Waals surface area contributed by atoms with Crippen LogP contribution in [0.15, 0.2) is 60.9 Å². The van der Waals surface area contributed by atoms with Crippen LogP contribution in [0.2, 0.25) is 0 Å². The minimum absolute atomic E-state index is 0.270. The smallest absolute Gasteiger partial charge is 0.130 e. The zero-order chi connectivity index (χ0) is 19.3. The summed E-state index contributed by atoms with van der Waals surface area (Å²) in [5, 5.41) is 13.7. The number of rotatable bonds is 3. The van der Waals surface area contributed by atoms with Gasteiger partial charge in [0.1, 0.15) is 11.7 Å². The Balaban J connectivity index is 1.45. The molecular formula is C21H15FIN5. The lowest BCUT2D eigenvalue weighted by Gasteiger charge is -2.18. The van der Waals surface area contributed by atoms with Gasteiger partial charge in [-0.15, -0.1) is 0 Å². The first-order valence-electron chi connectivity index (χ1n) is 8.81. The van der Waals surface area contributed by atoms with Crippen molar-refractivity contribution in [2.45, 2.75) is 13.1 Å². The topological polar surface area (TPSA) is 57.8 Å². The number of hydrogen-bond acceptors (Lipinski definition) is 3. The molecule has 3 heterocycles. The number of nitrogens with zero attached hydrogens (tertiary/aromatic N) is 4. The fourth-order valence-electron chi connectivity index (χ4n) is 3.66. The SMILES string of the molecule is N=C1c2cccnc2CN1Cc1ccc(-c2cccc3nn(I)cc23)cc1F. The van der Waals surface area contributed by atoms with Gasteiger partial charge in [0.05, 0.1) is 40.6 Å². The van der Waals surface area contributed by atoms with Gasteiger partial charge in [0.15, 0.2) is 0 Å². The highest BCUT2D eigenvalue weighted by atomic mass is 127. The van der Waals surface area contributed by atoms with Crippen molar-refractivity contribution in [3.05, 3.63) is 83.6 Å². The Kier molecular flexibility index (Phi) is 4.12. The summed E-state index contributed by atoms with van der Waals surface area (Å²) in [4.78, 5) is 6.17. The predicted octanol–water partition coefficient (Wildman–Crippen LogP) is 4.78. The highest BCUT2D eigenvalue weighted by molar-refractivity contribution is 14.1. The van der Waals surface area contributed by atoms with Crippen molar-refractivity contribution in [1.82, 2.24) is 17.9 Å². The monoisotopic (exact) mass is 483 g/mol. The third kappa shape index (κ3) is 2.86. The van der Waals surface area contributed by atoms with Crippen LogP contribution in [-0.2, 0) is 13.1 Å². The van der Waals surface area contributed by atoms with Crippen LogP contribution in [0.1, 0.15) is 16.8 Å². The Morgan fingerprint density at radius 1 is 1.11 bits per heavy atom. The maximum absolute atomic E-state index is 14.9. The van der Waals surface area contributed by atoms with E-state index in [0.717, 1.165) is 33.3 Å². The molecule has 2 aromatic heterocycles. The van der Waals surface area contributed by atoms with E-state index in [4.69, 9.17) is 5.41 Å². The summed E-state index contributed by atoms with van der Waals surface area (Å²) in [6, 6.07) is 14.9. The quantitative estimate of drug-likeness (QED) is 0.427. The molecule has 0 saturated heterocycles. The van der Waals surface area contributed by atoms with Gasteiger partial charge in [-0.1, -0.05) is 24.3 Å². The van der Waals surface area contributed by atoms with Crippen LogP contribution >= 0.6 is 22.9 Å². The zero-order valence-corrected chi connectivity index (χ0v) is 16.9. The molecule has 0 saturated carbocycles. The van der Waals surface area contributed by atoms with Gasteiger partial charge in [0.2, 0.25) is 0 Å². The van der Waals surface area contributed by atoms with Crippen LogP contribution in [0.5, 0.6) is 0 Å². The Bertz CT molecular complexity index is 1230. The Hall–Kier alpha value is -2.81. The number of aromatic nitrogens is 3. The van der Waals surface area contributed by atoms with Crippen molar-refractivity contribution in [2.24, 2.45) is 0 Å². The van der Waals surface area contributed by atoms with Crippen LogP contribution in [0, 0.1) is 11.2 Å². The van der Waals surface area contributed by atoms with Gasteiger partial charge in [0.25, 0.3) is 0 Å². The summed E-state index contributed by atoms with van der Waals surface area (Å²) in [6.07, 6.45) is 3.66. The molecule has 0 unspecified atom stereocenters. The first kappa shape index (κ1) is 17.3. The molecule has 0 bridgehead atoms. The van der Waals surface area contributed by atoms with E-state index < -0.39 is 0 Å². The Morgan fingerprint density at radius 3 is 2.79 bits per heavy atom. The molecule has 2 aromatic carbocycles. The zero-order valence-electron chi connectivity index (χ0n) is 14.7. The van der Waals surface area contributed by atoms with Crippen LogP contribution in [0.4, 0.5) is 4.39 Å². The molecule has 28 heavy (non-hydrogen) atoms. The van der Waals surface area contributed by atoms with Crippen molar-refractivity contribution in [3.63, 3.8) is 0 Å². The molecule has 138 valence electrons. The number of nitrogens with one attached hydrogen (secondary N) is 1. The van der Waals surface area contributed by atoms with Crippen molar-refractivity contribution >= 4 is 39.6 Å². The summed E-state index contributed by atoms with van der Waals surface area (Å²) in [7, 11) is 0. The van der Waals surface area contributed by atoms with Crippen LogP contribution in [0.25, 0.3) is 22.0 Å². The molecule has 0 fully saturated rings. The fourth-order valence-corrected chi connectivity index (χ4v) is 4.17. The second-order valence-electron chi connectivity index (χ2n) is 6.76. The maximum atomic E-state index is 14.9. The minimum Gasteiger partial charge on any atom is -0.346 e. The van der Waals surface area contributed by atoms with Gasteiger partial charge in [-0.2, -0.15) is 5.10 Å². The molecule has 4 aromatic rings. The first-order valence-corrected chi connectivity index (χ1v) is 9.78. The van der Waals surface area contributed by atoms with Gasteiger partial charge in [-0.3, -0.25) is 10.4 Å². The van der Waals surface area contributed by atoms with Crippen molar-refractivity contribution in [2.75, 3.05) is 0 Å². The normalized spacial score (nSPS) is 13.4. The van der Waals surface area contributed by atoms with Gasteiger partial charge in [-0.05, 0) is 35.4 Å². The number of pyridine rings is 1. The summed E-state index contributed by atoms with van der Waals surface area (Å²) in [5.41, 5.74) is 4.91. The summed E-state index contributed by atoms with van der Waals surface area (Å²) in [5.74, 6) is 0.124. The second kappa shape index (κ2) is 6.66. The highest BCUT2D eigenvalue weighted by Gasteiger charge is 2.25. The lowest BCUT2D eigenvalue weighted by molar-refractivity contribution is 0.408. The van der Waals surface area contributed by atoms with Gasteiger partial charge >= 0.3 is 0 Å². The number of amidine groups is 1. The number of hydrogen-bond donors (Lipinski definition) is 1. The highest BCUT2D eigenvalue weighted by Crippen LogP contribution is 2.30. The molecule has 1 N–H and O–H groups in total. The summed E-state index contributed by atoms with van der Waals surface area (Å²) < 4.78 is 16.7. The third-order valence-corrected chi connectivity index (χ3v) is 5.54. The molecular weight excluding hydrogens is 468 g/mol. The van der Waals surface area contributed by atoms with E-state index in [1.807, 2.05) is 53.6 Å². The van der Waals surface area contributed by atoms with Gasteiger partial charge in [-0.25, -0.2) is 7.29 Å². The van der Waals surface area contributed by atoms with Crippen LogP contribution in [0.3, 0.4) is 0 Å². The van der Waals surface area contributed by atoms with Crippen LogP contribution < -0.4 is 0 Å². The molecule has 5 rings (SSSR count). The van der Waals surface area contributed by atoms with Crippen LogP contribution in [-0.4, -0.2) is 23.7 Å². The molecule has 0 atom stereocenters.